The molecule has 1 aromatic heterocycles. The Balaban J connectivity index is 2.60. The number of benzene rings is 1. The van der Waals surface area contributed by atoms with Gasteiger partial charge in [-0.25, -0.2) is 13.2 Å². The fourth-order valence-electron chi connectivity index (χ4n) is 2.28. The lowest BCUT2D eigenvalue weighted by Crippen LogP contribution is -2.18. The summed E-state index contributed by atoms with van der Waals surface area (Å²) < 4.78 is 42.3. The van der Waals surface area contributed by atoms with E-state index in [1.807, 2.05) is 0 Å². The van der Waals surface area contributed by atoms with Gasteiger partial charge in [-0.15, -0.1) is 0 Å². The summed E-state index contributed by atoms with van der Waals surface area (Å²) in [6, 6.07) is -0.143. The number of aldehydes is 1. The van der Waals surface area contributed by atoms with Gasteiger partial charge >= 0.3 is 0 Å². The number of rotatable bonds is 2. The SMILES string of the molecule is Nc1c(F)c(F)c(F)c2c1c(=O)c(C=O)cn2C1CC1. The van der Waals surface area contributed by atoms with Crippen LogP contribution in [0.15, 0.2) is 11.0 Å². The van der Waals surface area contributed by atoms with Crippen LogP contribution in [0.1, 0.15) is 29.2 Å². The van der Waals surface area contributed by atoms with Crippen molar-refractivity contribution in [1.29, 1.82) is 0 Å². The number of nitrogen functional groups attached to an aromatic ring is 1. The first-order valence-corrected chi connectivity index (χ1v) is 5.93. The predicted molar refractivity (Wildman–Crippen MR) is 66.2 cm³/mol. The maximum absolute atomic E-state index is 14.0. The van der Waals surface area contributed by atoms with Gasteiger partial charge in [0.05, 0.1) is 22.2 Å². The number of carbonyl (C=O) groups excluding carboxylic acids is 1. The molecule has 0 saturated heterocycles. The Hall–Kier alpha value is -2.31. The molecule has 0 radical (unpaired) electrons. The molecule has 0 atom stereocenters. The number of aromatic nitrogens is 1. The molecule has 104 valence electrons. The van der Waals surface area contributed by atoms with Crippen LogP contribution >= 0.6 is 0 Å². The molecule has 1 aromatic carbocycles. The number of nitrogens with zero attached hydrogens (tertiary/aromatic N) is 1. The molecule has 1 heterocycles. The molecule has 0 spiro atoms. The van der Waals surface area contributed by atoms with Crippen molar-refractivity contribution in [3.05, 3.63) is 39.4 Å². The van der Waals surface area contributed by atoms with Gasteiger partial charge in [0, 0.05) is 12.2 Å². The number of hydrogen-bond donors (Lipinski definition) is 1. The molecule has 4 nitrogen and oxygen atoms in total. The molecule has 1 aliphatic rings. The second-order valence-electron chi connectivity index (χ2n) is 4.75. The highest BCUT2D eigenvalue weighted by atomic mass is 19.2. The Morgan fingerprint density at radius 1 is 1.20 bits per heavy atom. The standard InChI is InChI=1S/C13H9F3N2O2/c14-8-9(15)11(17)7-12(10(8)16)18(6-1-2-6)3-5(4-19)13(7)20/h3-4,6H,1-2,17H2. The quantitative estimate of drug-likeness (QED) is 0.521. The Labute approximate surface area is 110 Å². The van der Waals surface area contributed by atoms with E-state index in [0.29, 0.717) is 19.1 Å². The first-order valence-electron chi connectivity index (χ1n) is 5.93. The van der Waals surface area contributed by atoms with Gasteiger partial charge in [0.2, 0.25) is 5.43 Å². The van der Waals surface area contributed by atoms with E-state index in [0.717, 1.165) is 6.20 Å². The monoisotopic (exact) mass is 282 g/mol. The number of pyridine rings is 1. The molecule has 1 aliphatic carbocycles. The molecule has 2 aromatic rings. The minimum absolute atomic E-state index is 0.143. The normalized spacial score (nSPS) is 14.8. The zero-order chi connectivity index (χ0) is 14.6. The van der Waals surface area contributed by atoms with Crippen molar-refractivity contribution in [2.75, 3.05) is 5.73 Å². The third kappa shape index (κ3) is 1.55. The van der Waals surface area contributed by atoms with Crippen molar-refractivity contribution in [3.8, 4) is 0 Å². The molecule has 0 bridgehead atoms. The maximum atomic E-state index is 14.0. The molecule has 3 rings (SSSR count). The van der Waals surface area contributed by atoms with E-state index >= 15 is 0 Å². The molecular formula is C13H9F3N2O2. The average molecular weight is 282 g/mol. The van der Waals surface area contributed by atoms with Crippen LogP contribution in [0.25, 0.3) is 10.9 Å². The van der Waals surface area contributed by atoms with Crippen molar-refractivity contribution in [1.82, 2.24) is 4.57 Å². The summed E-state index contributed by atoms with van der Waals surface area (Å²) in [6.45, 7) is 0. The molecule has 7 heteroatoms. The molecule has 0 unspecified atom stereocenters. The summed E-state index contributed by atoms with van der Waals surface area (Å²) >= 11 is 0. The van der Waals surface area contributed by atoms with E-state index in [2.05, 4.69) is 0 Å². The minimum atomic E-state index is -1.72. The molecule has 2 N–H and O–H groups in total. The summed E-state index contributed by atoms with van der Waals surface area (Å²) in [5, 5.41) is -0.488. The first kappa shape index (κ1) is 12.7. The number of nitrogens with two attached hydrogens (primary N) is 1. The fourth-order valence-corrected chi connectivity index (χ4v) is 2.28. The van der Waals surface area contributed by atoms with E-state index in [1.54, 1.807) is 0 Å². The lowest BCUT2D eigenvalue weighted by atomic mass is 10.1. The Morgan fingerprint density at radius 3 is 2.40 bits per heavy atom. The summed E-state index contributed by atoms with van der Waals surface area (Å²) in [7, 11) is 0. The van der Waals surface area contributed by atoms with Crippen LogP contribution in [0.4, 0.5) is 18.9 Å². The van der Waals surface area contributed by atoms with Gasteiger partial charge in [-0.05, 0) is 12.8 Å². The Kier molecular flexibility index (Phi) is 2.60. The number of halogens is 3. The molecule has 0 amide bonds. The van der Waals surface area contributed by atoms with Crippen LogP contribution in [0.2, 0.25) is 0 Å². The smallest absolute Gasteiger partial charge is 0.202 e. The lowest BCUT2D eigenvalue weighted by molar-refractivity contribution is 0.112. The Bertz CT molecular complexity index is 810. The highest BCUT2D eigenvalue weighted by molar-refractivity contribution is 5.94. The van der Waals surface area contributed by atoms with Gasteiger partial charge in [-0.3, -0.25) is 9.59 Å². The van der Waals surface area contributed by atoms with Gasteiger partial charge in [0.15, 0.2) is 23.7 Å². The second kappa shape index (κ2) is 4.09. The summed E-state index contributed by atoms with van der Waals surface area (Å²) in [4.78, 5) is 22.9. The van der Waals surface area contributed by atoms with Crippen molar-refractivity contribution in [3.63, 3.8) is 0 Å². The molecule has 1 fully saturated rings. The molecule has 20 heavy (non-hydrogen) atoms. The van der Waals surface area contributed by atoms with E-state index in [9.17, 15) is 22.8 Å². The van der Waals surface area contributed by atoms with Crippen molar-refractivity contribution >= 4 is 22.9 Å². The zero-order valence-corrected chi connectivity index (χ0v) is 10.1. The van der Waals surface area contributed by atoms with Crippen LogP contribution in [-0.4, -0.2) is 10.9 Å². The number of hydrogen-bond acceptors (Lipinski definition) is 3. The van der Waals surface area contributed by atoms with Gasteiger partial charge in [0.1, 0.15) is 0 Å². The van der Waals surface area contributed by atoms with E-state index < -0.39 is 34.0 Å². The summed E-state index contributed by atoms with van der Waals surface area (Å²) in [5.41, 5.74) is 3.06. The van der Waals surface area contributed by atoms with Crippen LogP contribution in [0.5, 0.6) is 0 Å². The van der Waals surface area contributed by atoms with Crippen molar-refractivity contribution < 1.29 is 18.0 Å². The van der Waals surface area contributed by atoms with E-state index in [-0.39, 0.29) is 17.1 Å². The van der Waals surface area contributed by atoms with E-state index in [4.69, 9.17) is 5.73 Å². The summed E-state index contributed by atoms with van der Waals surface area (Å²) in [6.07, 6.45) is 2.86. The first-order chi connectivity index (χ1) is 9.47. The lowest BCUT2D eigenvalue weighted by Gasteiger charge is -2.14. The van der Waals surface area contributed by atoms with Crippen LogP contribution < -0.4 is 11.2 Å². The van der Waals surface area contributed by atoms with Crippen LogP contribution in [-0.2, 0) is 0 Å². The third-order valence-corrected chi connectivity index (χ3v) is 3.43. The van der Waals surface area contributed by atoms with Gasteiger partial charge in [-0.2, -0.15) is 0 Å². The van der Waals surface area contributed by atoms with Crippen LogP contribution in [0, 0.1) is 17.5 Å². The highest BCUT2D eigenvalue weighted by Crippen LogP contribution is 2.39. The zero-order valence-electron chi connectivity index (χ0n) is 10.1. The number of anilines is 1. The maximum Gasteiger partial charge on any atom is 0.202 e. The topological polar surface area (TPSA) is 65.1 Å². The van der Waals surface area contributed by atoms with Crippen molar-refractivity contribution in [2.24, 2.45) is 0 Å². The van der Waals surface area contributed by atoms with Gasteiger partial charge < -0.3 is 10.3 Å². The fraction of sp³-hybridized carbons (Fsp3) is 0.231. The average Bonchev–Trinajstić information content (AvgIpc) is 3.26. The number of carbonyl (C=O) groups is 1. The van der Waals surface area contributed by atoms with Gasteiger partial charge in [-0.1, -0.05) is 0 Å². The molecule has 0 aliphatic heterocycles. The van der Waals surface area contributed by atoms with E-state index in [1.165, 1.54) is 4.57 Å². The van der Waals surface area contributed by atoms with Gasteiger partial charge in [0.25, 0.3) is 0 Å². The predicted octanol–water partition coefficient (Wildman–Crippen LogP) is 2.15. The Morgan fingerprint density at radius 2 is 1.85 bits per heavy atom. The molecule has 1 saturated carbocycles. The minimum Gasteiger partial charge on any atom is -0.396 e. The third-order valence-electron chi connectivity index (χ3n) is 3.43. The largest absolute Gasteiger partial charge is 0.396 e. The summed E-state index contributed by atoms with van der Waals surface area (Å²) in [5.74, 6) is -4.80. The second-order valence-corrected chi connectivity index (χ2v) is 4.75. The molecular weight excluding hydrogens is 273 g/mol. The highest BCUT2D eigenvalue weighted by Gasteiger charge is 2.30. The number of fused-ring (bicyclic) bond motifs is 1. The van der Waals surface area contributed by atoms with Crippen molar-refractivity contribution in [2.45, 2.75) is 18.9 Å². The van der Waals surface area contributed by atoms with Crippen LogP contribution in [0.3, 0.4) is 0 Å².